The molecule has 2 aliphatic heterocycles. The number of fused-ring (bicyclic) bond motifs is 1. The lowest BCUT2D eigenvalue weighted by atomic mass is 9.89. The molecule has 1 unspecified atom stereocenters. The molecule has 3 rings (SSSR count). The van der Waals surface area contributed by atoms with Crippen molar-refractivity contribution in [2.75, 3.05) is 6.61 Å². The Morgan fingerprint density at radius 2 is 1.91 bits per heavy atom. The molecule has 1 nitrogen and oxygen atoms in total. The molecule has 2 aliphatic rings. The standard InChI is InChI=1S/C20H30OS/c1-19(2)12-6-5-9-18(22-19)16-10-11-17-15(14-16)8-7-13-21-20(17,3)4/h10-11,14,18H,5-9,12-13H2,1-4H3. The van der Waals surface area contributed by atoms with E-state index in [4.69, 9.17) is 4.74 Å². The largest absolute Gasteiger partial charge is 0.371 e. The van der Waals surface area contributed by atoms with Crippen LogP contribution in [-0.4, -0.2) is 11.4 Å². The van der Waals surface area contributed by atoms with Crippen LogP contribution in [0.25, 0.3) is 0 Å². The zero-order valence-electron chi connectivity index (χ0n) is 14.6. The smallest absolute Gasteiger partial charge is 0.0877 e. The first kappa shape index (κ1) is 16.4. The molecule has 0 aromatic heterocycles. The summed E-state index contributed by atoms with van der Waals surface area (Å²) in [5.41, 5.74) is 4.31. The van der Waals surface area contributed by atoms with E-state index in [9.17, 15) is 0 Å². The number of benzene rings is 1. The minimum Gasteiger partial charge on any atom is -0.371 e. The fourth-order valence-corrected chi connectivity index (χ4v) is 5.49. The number of hydrogen-bond donors (Lipinski definition) is 0. The molecule has 122 valence electrons. The van der Waals surface area contributed by atoms with Gasteiger partial charge in [-0.15, -0.1) is 11.8 Å². The third kappa shape index (κ3) is 3.54. The SMILES string of the molecule is CC1(C)CCCCC(c2ccc3c(c2)CCCOC3(C)C)S1. The second-order valence-electron chi connectivity index (χ2n) is 7.99. The summed E-state index contributed by atoms with van der Waals surface area (Å²) in [4.78, 5) is 0. The van der Waals surface area contributed by atoms with Gasteiger partial charge in [-0.1, -0.05) is 44.9 Å². The van der Waals surface area contributed by atoms with E-state index in [2.05, 4.69) is 57.7 Å². The van der Waals surface area contributed by atoms with Crippen molar-refractivity contribution in [1.82, 2.24) is 0 Å². The van der Waals surface area contributed by atoms with Gasteiger partial charge in [0, 0.05) is 16.6 Å². The summed E-state index contributed by atoms with van der Waals surface area (Å²) < 4.78 is 6.46. The molecule has 1 aromatic rings. The lowest BCUT2D eigenvalue weighted by Crippen LogP contribution is -2.21. The topological polar surface area (TPSA) is 9.23 Å². The Labute approximate surface area is 140 Å². The van der Waals surface area contributed by atoms with Crippen molar-refractivity contribution < 1.29 is 4.74 Å². The summed E-state index contributed by atoms with van der Waals surface area (Å²) in [7, 11) is 0. The van der Waals surface area contributed by atoms with Crippen LogP contribution in [0.5, 0.6) is 0 Å². The van der Waals surface area contributed by atoms with Gasteiger partial charge in [0.1, 0.15) is 0 Å². The molecule has 0 radical (unpaired) electrons. The van der Waals surface area contributed by atoms with Gasteiger partial charge in [-0.25, -0.2) is 0 Å². The molecule has 0 spiro atoms. The highest BCUT2D eigenvalue weighted by Crippen LogP contribution is 2.47. The zero-order chi connectivity index (χ0) is 15.8. The monoisotopic (exact) mass is 318 g/mol. The molecule has 0 bridgehead atoms. The molecular weight excluding hydrogens is 288 g/mol. The van der Waals surface area contributed by atoms with Crippen LogP contribution in [0.3, 0.4) is 0 Å². The highest BCUT2D eigenvalue weighted by molar-refractivity contribution is 8.00. The van der Waals surface area contributed by atoms with E-state index in [1.165, 1.54) is 42.4 Å². The lowest BCUT2D eigenvalue weighted by molar-refractivity contribution is -0.0178. The second kappa shape index (κ2) is 6.20. The maximum atomic E-state index is 6.05. The fourth-order valence-electron chi connectivity index (χ4n) is 3.89. The number of thioether (sulfide) groups is 1. The highest BCUT2D eigenvalue weighted by atomic mass is 32.2. The summed E-state index contributed by atoms with van der Waals surface area (Å²) in [5.74, 6) is 0. The van der Waals surface area contributed by atoms with Gasteiger partial charge in [0.25, 0.3) is 0 Å². The van der Waals surface area contributed by atoms with E-state index in [1.807, 2.05) is 0 Å². The van der Waals surface area contributed by atoms with Gasteiger partial charge in [0.05, 0.1) is 5.60 Å². The Hall–Kier alpha value is -0.470. The number of ether oxygens (including phenoxy) is 1. The first-order valence-corrected chi connectivity index (χ1v) is 9.70. The van der Waals surface area contributed by atoms with Crippen molar-refractivity contribution in [2.45, 2.75) is 81.8 Å². The van der Waals surface area contributed by atoms with Crippen LogP contribution < -0.4 is 0 Å². The molecule has 0 saturated carbocycles. The molecule has 0 aliphatic carbocycles. The quantitative estimate of drug-likeness (QED) is 0.627. The molecule has 2 heterocycles. The lowest BCUT2D eigenvalue weighted by Gasteiger charge is -2.29. The van der Waals surface area contributed by atoms with Gasteiger partial charge < -0.3 is 4.74 Å². The second-order valence-corrected chi connectivity index (χ2v) is 9.90. The molecule has 1 saturated heterocycles. The fraction of sp³-hybridized carbons (Fsp3) is 0.700. The van der Waals surface area contributed by atoms with Gasteiger partial charge in [-0.2, -0.15) is 0 Å². The van der Waals surface area contributed by atoms with Crippen molar-refractivity contribution in [2.24, 2.45) is 0 Å². The number of aryl methyl sites for hydroxylation is 1. The van der Waals surface area contributed by atoms with Crippen molar-refractivity contribution in [3.63, 3.8) is 0 Å². The Morgan fingerprint density at radius 1 is 1.09 bits per heavy atom. The van der Waals surface area contributed by atoms with Crippen molar-refractivity contribution in [1.29, 1.82) is 0 Å². The molecule has 0 N–H and O–H groups in total. The molecule has 22 heavy (non-hydrogen) atoms. The van der Waals surface area contributed by atoms with Gasteiger partial charge >= 0.3 is 0 Å². The summed E-state index contributed by atoms with van der Waals surface area (Å²) in [6, 6.07) is 7.20. The predicted octanol–water partition coefficient (Wildman–Crippen LogP) is 6.01. The van der Waals surface area contributed by atoms with E-state index in [1.54, 1.807) is 0 Å². The van der Waals surface area contributed by atoms with Crippen molar-refractivity contribution in [3.05, 3.63) is 34.9 Å². The van der Waals surface area contributed by atoms with Crippen molar-refractivity contribution in [3.8, 4) is 0 Å². The maximum Gasteiger partial charge on any atom is 0.0877 e. The average Bonchev–Trinajstić information content (AvgIpc) is 2.72. The van der Waals surface area contributed by atoms with Crippen LogP contribution in [0.15, 0.2) is 18.2 Å². The van der Waals surface area contributed by atoms with Crippen LogP contribution in [0, 0.1) is 0 Å². The Balaban J connectivity index is 1.91. The summed E-state index contributed by atoms with van der Waals surface area (Å²) in [6.45, 7) is 10.1. The van der Waals surface area contributed by atoms with Gasteiger partial charge in [-0.05, 0) is 56.2 Å². The number of hydrogen-bond acceptors (Lipinski definition) is 2. The summed E-state index contributed by atoms with van der Waals surface area (Å²) in [6.07, 6.45) is 7.72. The van der Waals surface area contributed by atoms with Crippen LogP contribution in [0.4, 0.5) is 0 Å². The Bertz CT molecular complexity index is 533. The van der Waals surface area contributed by atoms with Crippen molar-refractivity contribution >= 4 is 11.8 Å². The van der Waals surface area contributed by atoms with Gasteiger partial charge in [-0.3, -0.25) is 0 Å². The van der Waals surface area contributed by atoms with Crippen LogP contribution in [0.2, 0.25) is 0 Å². The maximum absolute atomic E-state index is 6.05. The van der Waals surface area contributed by atoms with Gasteiger partial charge in [0.15, 0.2) is 0 Å². The zero-order valence-corrected chi connectivity index (χ0v) is 15.4. The summed E-state index contributed by atoms with van der Waals surface area (Å²) in [5, 5.41) is 0.662. The normalized spacial score (nSPS) is 27.5. The predicted molar refractivity (Wildman–Crippen MR) is 96.6 cm³/mol. The van der Waals surface area contributed by atoms with E-state index in [0.29, 0.717) is 10.00 Å². The third-order valence-electron chi connectivity index (χ3n) is 5.16. The van der Waals surface area contributed by atoms with Crippen LogP contribution in [-0.2, 0) is 16.8 Å². The first-order chi connectivity index (χ1) is 10.4. The minimum absolute atomic E-state index is 0.139. The molecule has 1 fully saturated rings. The van der Waals surface area contributed by atoms with E-state index < -0.39 is 0 Å². The molecule has 1 atom stereocenters. The van der Waals surface area contributed by atoms with E-state index in [0.717, 1.165) is 19.4 Å². The summed E-state index contributed by atoms with van der Waals surface area (Å²) >= 11 is 2.19. The molecule has 0 amide bonds. The van der Waals surface area contributed by atoms with E-state index >= 15 is 0 Å². The Kier molecular flexibility index (Phi) is 4.62. The van der Waals surface area contributed by atoms with Gasteiger partial charge in [0.2, 0.25) is 0 Å². The third-order valence-corrected chi connectivity index (χ3v) is 6.79. The average molecular weight is 319 g/mol. The number of rotatable bonds is 1. The van der Waals surface area contributed by atoms with Crippen LogP contribution >= 0.6 is 11.8 Å². The Morgan fingerprint density at radius 3 is 2.73 bits per heavy atom. The van der Waals surface area contributed by atoms with E-state index in [-0.39, 0.29) is 5.60 Å². The first-order valence-electron chi connectivity index (χ1n) is 8.82. The highest BCUT2D eigenvalue weighted by Gasteiger charge is 2.30. The minimum atomic E-state index is -0.139. The molecule has 1 aromatic carbocycles. The molecular formula is C20H30OS. The van der Waals surface area contributed by atoms with Crippen LogP contribution in [0.1, 0.15) is 81.7 Å². The molecule has 2 heteroatoms.